The molecule has 6 heterocycles. The number of nitrogens with zero attached hydrogens (tertiary/aromatic N) is 11. The number of anilines is 1. The first-order valence-electron chi connectivity index (χ1n) is 18.5. The largest absolute Gasteiger partial charge is 0.353 e. The van der Waals surface area contributed by atoms with Crippen molar-refractivity contribution < 1.29 is 17.6 Å². The fourth-order valence-electron chi connectivity index (χ4n) is 6.90. The Kier molecular flexibility index (Phi) is 10.7. The van der Waals surface area contributed by atoms with E-state index in [1.807, 2.05) is 15.2 Å². The molecular weight excluding hydrogens is 736 g/mol. The highest BCUT2D eigenvalue weighted by Crippen LogP contribution is 2.43. The second-order valence-electron chi connectivity index (χ2n) is 14.5. The van der Waals surface area contributed by atoms with Crippen LogP contribution in [0.15, 0.2) is 48.8 Å². The van der Waals surface area contributed by atoms with E-state index < -0.39 is 23.3 Å². The van der Waals surface area contributed by atoms with Gasteiger partial charge in [0.05, 0.1) is 34.5 Å². The first kappa shape index (κ1) is 37.2. The molecule has 4 aliphatic rings. The molecule has 0 spiro atoms. The number of rotatable bonds is 5. The number of nitrogens with one attached hydrogen (secondary N) is 1. The van der Waals surface area contributed by atoms with Crippen molar-refractivity contribution in [3.63, 3.8) is 0 Å². The Hall–Kier alpha value is -4.77. The molecule has 2 saturated carbocycles. The molecule has 1 N–H and O–H groups in total. The number of piperazine rings is 2. The summed E-state index contributed by atoms with van der Waals surface area (Å²) in [6.45, 7) is 8.48. The first-order chi connectivity index (χ1) is 26.6. The number of hydrogen-bond donors (Lipinski definition) is 1. The number of imidazole rings is 2. The molecule has 0 radical (unpaired) electrons. The van der Waals surface area contributed by atoms with Gasteiger partial charge in [-0.1, -0.05) is 11.6 Å². The van der Waals surface area contributed by atoms with Gasteiger partial charge in [-0.25, -0.2) is 27.5 Å². The van der Waals surface area contributed by atoms with E-state index in [1.54, 1.807) is 18.5 Å². The molecule has 0 atom stereocenters. The summed E-state index contributed by atoms with van der Waals surface area (Å²) in [5.41, 5.74) is 3.60. The fourth-order valence-corrected chi connectivity index (χ4v) is 7.06. The minimum atomic E-state index is -0.902. The van der Waals surface area contributed by atoms with Crippen molar-refractivity contribution >= 4 is 39.5 Å². The molecule has 288 valence electrons. The van der Waals surface area contributed by atoms with Crippen LogP contribution < -0.4 is 10.2 Å². The average Bonchev–Trinajstić information content (AvgIpc) is 4.13. The average molecular weight is 777 g/mol. The normalized spacial score (nSPS) is 17.9. The zero-order valence-electron chi connectivity index (χ0n) is 30.6. The van der Waals surface area contributed by atoms with E-state index in [0.29, 0.717) is 39.3 Å². The van der Waals surface area contributed by atoms with Gasteiger partial charge in [-0.05, 0) is 51.9 Å². The lowest BCUT2D eigenvalue weighted by molar-refractivity contribution is 0.291. The molecule has 0 bridgehead atoms. The Balaban J connectivity index is 0.000000135. The number of halogens is 5. The van der Waals surface area contributed by atoms with Crippen molar-refractivity contribution in [2.75, 3.05) is 71.4 Å². The van der Waals surface area contributed by atoms with E-state index in [0.717, 1.165) is 82.4 Å². The molecule has 4 aromatic heterocycles. The molecule has 12 nitrogen and oxygen atoms in total. The summed E-state index contributed by atoms with van der Waals surface area (Å²) in [5.74, 6) is -1.38. The van der Waals surface area contributed by atoms with Crippen molar-refractivity contribution in [1.82, 2.24) is 54.6 Å². The van der Waals surface area contributed by atoms with Gasteiger partial charge in [-0.2, -0.15) is 10.2 Å². The van der Waals surface area contributed by atoms with Gasteiger partial charge >= 0.3 is 0 Å². The van der Waals surface area contributed by atoms with Crippen LogP contribution in [0, 0.1) is 23.3 Å². The smallest absolute Gasteiger partial charge is 0.161 e. The Labute approximate surface area is 320 Å². The monoisotopic (exact) mass is 776 g/mol. The molecule has 17 heteroatoms. The van der Waals surface area contributed by atoms with Crippen molar-refractivity contribution in [1.29, 1.82) is 0 Å². The van der Waals surface area contributed by atoms with E-state index in [9.17, 15) is 17.6 Å². The lowest BCUT2D eigenvalue weighted by Crippen LogP contribution is -2.44. The molecule has 2 aliphatic carbocycles. The third kappa shape index (κ3) is 8.27. The van der Waals surface area contributed by atoms with Crippen LogP contribution >= 0.6 is 11.6 Å². The molecule has 2 aliphatic heterocycles. The molecule has 0 amide bonds. The van der Waals surface area contributed by atoms with Gasteiger partial charge in [0.1, 0.15) is 11.6 Å². The Bertz CT molecular complexity index is 2310. The van der Waals surface area contributed by atoms with Crippen LogP contribution in [0.4, 0.5) is 23.4 Å². The summed E-state index contributed by atoms with van der Waals surface area (Å²) >= 11 is 5.86. The van der Waals surface area contributed by atoms with Crippen molar-refractivity contribution in [3.05, 3.63) is 77.2 Å². The molecule has 6 aromatic rings. The maximum Gasteiger partial charge on any atom is 0.161 e. The van der Waals surface area contributed by atoms with Crippen LogP contribution in [0.5, 0.6) is 0 Å². The van der Waals surface area contributed by atoms with Gasteiger partial charge in [0.25, 0.3) is 0 Å². The Morgan fingerprint density at radius 2 is 1.07 bits per heavy atom. The van der Waals surface area contributed by atoms with Crippen molar-refractivity contribution in [3.8, 4) is 22.8 Å². The highest BCUT2D eigenvalue weighted by Gasteiger charge is 2.31. The lowest BCUT2D eigenvalue weighted by Gasteiger charge is -2.32. The second kappa shape index (κ2) is 15.8. The van der Waals surface area contributed by atoms with Crippen LogP contribution in [-0.2, 0) is 0 Å². The number of aromatic nitrogens is 8. The van der Waals surface area contributed by atoms with E-state index in [2.05, 4.69) is 64.5 Å². The minimum Gasteiger partial charge on any atom is -0.353 e. The maximum absolute atomic E-state index is 13.8. The topological polar surface area (TPSA) is 109 Å². The van der Waals surface area contributed by atoms with Crippen LogP contribution in [0.1, 0.15) is 37.8 Å². The predicted octanol–water partition coefficient (Wildman–Crippen LogP) is 6.14. The Morgan fingerprint density at radius 3 is 1.55 bits per heavy atom. The van der Waals surface area contributed by atoms with Crippen molar-refractivity contribution in [2.24, 2.45) is 0 Å². The summed E-state index contributed by atoms with van der Waals surface area (Å²) in [6.07, 6.45) is 7.22. The molecule has 2 aromatic carbocycles. The van der Waals surface area contributed by atoms with E-state index in [1.165, 1.54) is 31.3 Å². The number of benzene rings is 2. The summed E-state index contributed by atoms with van der Waals surface area (Å²) in [6, 6.07) is 8.86. The molecule has 55 heavy (non-hydrogen) atoms. The number of fused-ring (bicyclic) bond motifs is 2. The highest BCUT2D eigenvalue weighted by molar-refractivity contribution is 6.29. The van der Waals surface area contributed by atoms with E-state index >= 15 is 0 Å². The fraction of sp³-hybridized carbons (Fsp3) is 0.421. The van der Waals surface area contributed by atoms with Crippen LogP contribution in [0.3, 0.4) is 0 Å². The minimum absolute atomic E-state index is 0.249. The summed E-state index contributed by atoms with van der Waals surface area (Å²) < 4.78 is 58.4. The highest BCUT2D eigenvalue weighted by atomic mass is 35.5. The SMILES string of the molecule is CN1CCN(c2cc(-c3nc4cc(F)c(F)cc4n3C3CC3)cnn2)CC1.CN1CCNCC1.Fc1cc2nc(-c3cnnc(Cl)c3)n(C3CC3)c2cc1F. The zero-order chi connectivity index (χ0) is 38.2. The van der Waals surface area contributed by atoms with Gasteiger partial charge in [0.2, 0.25) is 0 Å². The van der Waals surface area contributed by atoms with Gasteiger partial charge in [0.15, 0.2) is 34.2 Å². The van der Waals surface area contributed by atoms with Gasteiger partial charge in [-0.3, -0.25) is 0 Å². The Morgan fingerprint density at radius 1 is 0.600 bits per heavy atom. The molecule has 0 unspecified atom stereocenters. The zero-order valence-corrected chi connectivity index (χ0v) is 31.3. The molecular formula is C38H41ClF4N12. The van der Waals surface area contributed by atoms with Gasteiger partial charge in [0, 0.05) is 99.8 Å². The summed E-state index contributed by atoms with van der Waals surface area (Å²) in [7, 11) is 4.26. The summed E-state index contributed by atoms with van der Waals surface area (Å²) in [5, 5.41) is 19.5. The van der Waals surface area contributed by atoms with Crippen molar-refractivity contribution in [2.45, 2.75) is 37.8 Å². The maximum atomic E-state index is 13.8. The number of hydrogen-bond acceptors (Lipinski definition) is 10. The van der Waals surface area contributed by atoms with Crippen LogP contribution in [-0.4, -0.2) is 116 Å². The molecule has 4 fully saturated rings. The predicted molar refractivity (Wildman–Crippen MR) is 203 cm³/mol. The first-order valence-corrected chi connectivity index (χ1v) is 18.9. The molecule has 10 rings (SSSR count). The molecule has 2 saturated heterocycles. The van der Waals surface area contributed by atoms with Crippen LogP contribution in [0.25, 0.3) is 44.8 Å². The second-order valence-corrected chi connectivity index (χ2v) is 14.9. The van der Waals surface area contributed by atoms with E-state index in [-0.39, 0.29) is 17.2 Å². The lowest BCUT2D eigenvalue weighted by atomic mass is 10.2. The van der Waals surface area contributed by atoms with Gasteiger partial charge in [-0.15, -0.1) is 10.2 Å². The van der Waals surface area contributed by atoms with Crippen LogP contribution in [0.2, 0.25) is 5.15 Å². The third-order valence-electron chi connectivity index (χ3n) is 10.2. The number of likely N-dealkylation sites (N-methyl/N-ethyl adjacent to an activating group) is 2. The van der Waals surface area contributed by atoms with Gasteiger partial charge < -0.3 is 29.2 Å². The quantitative estimate of drug-likeness (QED) is 0.205. The van der Waals surface area contributed by atoms with E-state index in [4.69, 9.17) is 11.6 Å². The standard InChI is InChI=1S/C19H20F2N6.C14H9ClF2N4.C5H12N2/c1-25-4-6-26(7-5-25)18-8-12(11-22-24-18)19-23-16-9-14(20)15(21)10-17(16)27(19)13-2-3-13;15-13-3-7(6-18-20-13)14-19-11-4-9(16)10(17)5-12(11)21(14)8-1-2-8;1-7-4-2-6-3-5-7/h8-11,13H,2-7H2,1H3;3-6,8H,1-2H2;6H,2-5H2,1H3. The third-order valence-corrected chi connectivity index (χ3v) is 10.4. The summed E-state index contributed by atoms with van der Waals surface area (Å²) in [4.78, 5) is 15.8.